The standard InChI is InChI=1S/C31H32N4O3S/c1-3-27(29(37)32-18-21-10-8-20(2)9-11-21)39-31-34-26-7-5-4-6-25(26)30(38)35(31)19-22-12-14-23(15-13-22)28(36)33-24-16-17-24/h4-15,24,27H,3,16-19H2,1-2H3,(H,32,37)(H,33,36)/t27-/m1/s1. The predicted octanol–water partition coefficient (Wildman–Crippen LogP) is 4.83. The number of aryl methyl sites for hydroxylation is 1. The molecule has 2 N–H and O–H groups in total. The monoisotopic (exact) mass is 540 g/mol. The highest BCUT2D eigenvalue weighted by atomic mass is 32.2. The lowest BCUT2D eigenvalue weighted by Crippen LogP contribution is -2.33. The van der Waals surface area contributed by atoms with Crippen molar-refractivity contribution >= 4 is 34.5 Å². The van der Waals surface area contributed by atoms with Gasteiger partial charge in [-0.15, -0.1) is 0 Å². The van der Waals surface area contributed by atoms with Crippen molar-refractivity contribution in [2.75, 3.05) is 0 Å². The molecule has 0 aliphatic heterocycles. The van der Waals surface area contributed by atoms with Crippen LogP contribution in [-0.4, -0.2) is 32.7 Å². The number of nitrogens with one attached hydrogen (secondary N) is 2. The third kappa shape index (κ3) is 6.57. The van der Waals surface area contributed by atoms with Crippen molar-refractivity contribution in [1.82, 2.24) is 20.2 Å². The number of benzene rings is 3. The van der Waals surface area contributed by atoms with Crippen molar-refractivity contribution in [1.29, 1.82) is 0 Å². The highest BCUT2D eigenvalue weighted by Crippen LogP contribution is 2.26. The third-order valence-corrected chi connectivity index (χ3v) is 8.15. The second kappa shape index (κ2) is 11.9. The minimum Gasteiger partial charge on any atom is -0.351 e. The van der Waals surface area contributed by atoms with Gasteiger partial charge < -0.3 is 10.6 Å². The molecular weight excluding hydrogens is 508 g/mol. The first-order valence-electron chi connectivity index (χ1n) is 13.3. The smallest absolute Gasteiger partial charge is 0.262 e. The molecule has 8 heteroatoms. The van der Waals surface area contributed by atoms with Crippen LogP contribution in [0.2, 0.25) is 0 Å². The van der Waals surface area contributed by atoms with Gasteiger partial charge in [-0.1, -0.05) is 72.8 Å². The number of fused-ring (bicyclic) bond motifs is 1. The topological polar surface area (TPSA) is 93.1 Å². The maximum absolute atomic E-state index is 13.6. The van der Waals surface area contributed by atoms with E-state index in [1.54, 1.807) is 22.8 Å². The van der Waals surface area contributed by atoms with Gasteiger partial charge in [0.15, 0.2) is 5.16 Å². The molecule has 0 spiro atoms. The van der Waals surface area contributed by atoms with Gasteiger partial charge in [0, 0.05) is 18.2 Å². The van der Waals surface area contributed by atoms with Crippen LogP contribution in [0.3, 0.4) is 0 Å². The summed E-state index contributed by atoms with van der Waals surface area (Å²) in [5.74, 6) is -0.171. The molecule has 5 rings (SSSR count). The molecule has 0 radical (unpaired) electrons. The van der Waals surface area contributed by atoms with E-state index in [4.69, 9.17) is 4.98 Å². The van der Waals surface area contributed by atoms with E-state index in [-0.39, 0.29) is 23.9 Å². The zero-order valence-corrected chi connectivity index (χ0v) is 23.0. The summed E-state index contributed by atoms with van der Waals surface area (Å²) < 4.78 is 1.63. The van der Waals surface area contributed by atoms with Gasteiger partial charge in [0.05, 0.1) is 22.7 Å². The van der Waals surface area contributed by atoms with Crippen molar-refractivity contribution in [2.45, 2.75) is 62.6 Å². The minimum absolute atomic E-state index is 0.0766. The molecule has 0 unspecified atom stereocenters. The average molecular weight is 541 g/mol. The van der Waals surface area contributed by atoms with Crippen molar-refractivity contribution < 1.29 is 9.59 Å². The summed E-state index contributed by atoms with van der Waals surface area (Å²) in [5.41, 5.74) is 4.11. The summed E-state index contributed by atoms with van der Waals surface area (Å²) in [4.78, 5) is 43.9. The quantitative estimate of drug-likeness (QED) is 0.222. The Morgan fingerprint density at radius 3 is 2.38 bits per heavy atom. The van der Waals surface area contributed by atoms with Crippen LogP contribution in [0.25, 0.3) is 10.9 Å². The van der Waals surface area contributed by atoms with Gasteiger partial charge in [-0.2, -0.15) is 0 Å². The van der Waals surface area contributed by atoms with E-state index in [9.17, 15) is 14.4 Å². The number of para-hydroxylation sites is 1. The fourth-order valence-corrected chi connectivity index (χ4v) is 5.31. The number of hydrogen-bond donors (Lipinski definition) is 2. The molecule has 0 bridgehead atoms. The Bertz CT molecular complexity index is 1540. The molecule has 1 aliphatic rings. The molecule has 200 valence electrons. The normalized spacial score (nSPS) is 13.7. The minimum atomic E-state index is -0.414. The molecule has 1 atom stereocenters. The summed E-state index contributed by atoms with van der Waals surface area (Å²) in [6.07, 6.45) is 2.65. The molecule has 1 aliphatic carbocycles. The molecule has 7 nitrogen and oxygen atoms in total. The van der Waals surface area contributed by atoms with Crippen LogP contribution in [-0.2, 0) is 17.9 Å². The number of carbonyl (C=O) groups is 2. The second-order valence-electron chi connectivity index (χ2n) is 9.97. The summed E-state index contributed by atoms with van der Waals surface area (Å²) in [5, 5.41) is 6.63. The zero-order valence-electron chi connectivity index (χ0n) is 22.1. The average Bonchev–Trinajstić information content (AvgIpc) is 3.77. The fourth-order valence-electron chi connectivity index (χ4n) is 4.28. The summed E-state index contributed by atoms with van der Waals surface area (Å²) in [7, 11) is 0. The van der Waals surface area contributed by atoms with Crippen molar-refractivity contribution in [3.63, 3.8) is 0 Å². The van der Waals surface area contributed by atoms with E-state index < -0.39 is 5.25 Å². The highest BCUT2D eigenvalue weighted by molar-refractivity contribution is 8.00. The molecule has 2 amide bonds. The molecular formula is C31H32N4O3S. The lowest BCUT2D eigenvalue weighted by atomic mass is 10.1. The Hall–Kier alpha value is -3.91. The van der Waals surface area contributed by atoms with Crippen molar-refractivity contribution in [3.8, 4) is 0 Å². The van der Waals surface area contributed by atoms with E-state index in [1.807, 2.05) is 68.4 Å². The number of rotatable bonds is 10. The van der Waals surface area contributed by atoms with E-state index in [1.165, 1.54) is 17.3 Å². The van der Waals surface area contributed by atoms with Gasteiger partial charge >= 0.3 is 0 Å². The van der Waals surface area contributed by atoms with Crippen LogP contribution >= 0.6 is 11.8 Å². The predicted molar refractivity (Wildman–Crippen MR) is 155 cm³/mol. The molecule has 39 heavy (non-hydrogen) atoms. The van der Waals surface area contributed by atoms with Crippen LogP contribution in [0.15, 0.2) is 82.7 Å². The number of amides is 2. The van der Waals surface area contributed by atoms with E-state index in [0.717, 1.165) is 24.0 Å². The summed E-state index contributed by atoms with van der Waals surface area (Å²) in [6.45, 7) is 4.71. The maximum atomic E-state index is 13.6. The van der Waals surface area contributed by atoms with Crippen LogP contribution in [0.4, 0.5) is 0 Å². The number of carbonyl (C=O) groups excluding carboxylic acids is 2. The van der Waals surface area contributed by atoms with Crippen LogP contribution in [0.5, 0.6) is 0 Å². The summed E-state index contributed by atoms with van der Waals surface area (Å²) in [6, 6.07) is 22.9. The first kappa shape index (κ1) is 26.7. The Balaban J connectivity index is 1.38. The van der Waals surface area contributed by atoms with Crippen LogP contribution < -0.4 is 16.2 Å². The number of nitrogens with zero attached hydrogens (tertiary/aromatic N) is 2. The molecule has 1 aromatic heterocycles. The Morgan fingerprint density at radius 1 is 1.00 bits per heavy atom. The van der Waals surface area contributed by atoms with E-state index in [2.05, 4.69) is 10.6 Å². The van der Waals surface area contributed by atoms with Gasteiger partial charge in [-0.25, -0.2) is 4.98 Å². The van der Waals surface area contributed by atoms with Crippen LogP contribution in [0, 0.1) is 6.92 Å². The van der Waals surface area contributed by atoms with Crippen molar-refractivity contribution in [2.24, 2.45) is 0 Å². The number of thioether (sulfide) groups is 1. The number of aromatic nitrogens is 2. The van der Waals surface area contributed by atoms with E-state index in [0.29, 0.717) is 40.6 Å². The van der Waals surface area contributed by atoms with E-state index >= 15 is 0 Å². The maximum Gasteiger partial charge on any atom is 0.262 e. The molecule has 0 saturated heterocycles. The van der Waals surface area contributed by atoms with Gasteiger partial charge in [-0.05, 0) is 61.6 Å². The first-order valence-corrected chi connectivity index (χ1v) is 14.2. The lowest BCUT2D eigenvalue weighted by molar-refractivity contribution is -0.120. The molecule has 1 fully saturated rings. The number of hydrogen-bond acceptors (Lipinski definition) is 5. The molecule has 4 aromatic rings. The first-order chi connectivity index (χ1) is 18.9. The van der Waals surface area contributed by atoms with Gasteiger partial charge in [-0.3, -0.25) is 19.0 Å². The Labute approximate surface area is 232 Å². The Morgan fingerprint density at radius 2 is 1.69 bits per heavy atom. The zero-order chi connectivity index (χ0) is 27.4. The molecule has 1 heterocycles. The lowest BCUT2D eigenvalue weighted by Gasteiger charge is -2.18. The van der Waals surface area contributed by atoms with Crippen LogP contribution in [0.1, 0.15) is 53.2 Å². The van der Waals surface area contributed by atoms with Gasteiger partial charge in [0.25, 0.3) is 11.5 Å². The Kier molecular flexibility index (Phi) is 8.12. The fraction of sp³-hybridized carbons (Fsp3) is 0.290. The van der Waals surface area contributed by atoms with Gasteiger partial charge in [0.1, 0.15) is 0 Å². The largest absolute Gasteiger partial charge is 0.351 e. The third-order valence-electron chi connectivity index (χ3n) is 6.79. The molecule has 1 saturated carbocycles. The van der Waals surface area contributed by atoms with Gasteiger partial charge in [0.2, 0.25) is 5.91 Å². The second-order valence-corrected chi connectivity index (χ2v) is 11.1. The SMILES string of the molecule is CC[C@@H](Sc1nc2ccccc2c(=O)n1Cc1ccc(C(=O)NC2CC2)cc1)C(=O)NCc1ccc(C)cc1. The molecule has 3 aromatic carbocycles. The van der Waals surface area contributed by atoms with Crippen molar-refractivity contribution in [3.05, 3.63) is 105 Å². The highest BCUT2D eigenvalue weighted by Gasteiger charge is 2.24. The summed E-state index contributed by atoms with van der Waals surface area (Å²) >= 11 is 1.31.